The second-order valence-corrected chi connectivity index (χ2v) is 6.48. The topological polar surface area (TPSA) is 87.3 Å². The van der Waals surface area contributed by atoms with E-state index < -0.39 is 0 Å². The second kappa shape index (κ2) is 10.3. The Morgan fingerprint density at radius 3 is 2.29 bits per heavy atom. The summed E-state index contributed by atoms with van der Waals surface area (Å²) in [5, 5.41) is 8.40. The number of nitrogens with one attached hydrogen (secondary N) is 3. The lowest BCUT2D eigenvalue weighted by molar-refractivity contribution is -0.114. The molecule has 3 amide bonds. The van der Waals surface area contributed by atoms with Crippen LogP contribution in [0.15, 0.2) is 48.5 Å². The molecule has 0 fully saturated rings. The van der Waals surface area contributed by atoms with E-state index in [1.807, 2.05) is 6.92 Å². The van der Waals surface area contributed by atoms with Crippen LogP contribution in [0.25, 0.3) is 6.08 Å². The summed E-state index contributed by atoms with van der Waals surface area (Å²) in [6, 6.07) is 11.8. The van der Waals surface area contributed by atoms with Crippen LogP contribution in [0, 0.1) is 0 Å². The van der Waals surface area contributed by atoms with Crippen molar-refractivity contribution in [2.45, 2.75) is 20.3 Å². The summed E-state index contributed by atoms with van der Waals surface area (Å²) in [6.45, 7) is 3.98. The fourth-order valence-electron chi connectivity index (χ4n) is 2.35. The summed E-state index contributed by atoms with van der Waals surface area (Å²) in [6.07, 6.45) is 3.88. The standard InChI is InChI=1S/C21H22ClN3O3/c1-3-12-23-21(28)18-10-9-17(13-19(18)22)25-20(27)11-6-15-4-7-16(8-5-15)24-14(2)26/h4-11,13H,3,12H2,1-2H3,(H,23,28)(H,24,26)(H,25,27)/b11-6+. The maximum Gasteiger partial charge on any atom is 0.252 e. The van der Waals surface area contributed by atoms with E-state index in [2.05, 4.69) is 16.0 Å². The highest BCUT2D eigenvalue weighted by atomic mass is 35.5. The smallest absolute Gasteiger partial charge is 0.252 e. The van der Waals surface area contributed by atoms with Crippen LogP contribution in [0.1, 0.15) is 36.2 Å². The van der Waals surface area contributed by atoms with Gasteiger partial charge in [-0.25, -0.2) is 0 Å². The molecule has 0 unspecified atom stereocenters. The molecule has 0 saturated carbocycles. The third-order valence-corrected chi connectivity index (χ3v) is 3.99. The molecule has 146 valence electrons. The van der Waals surface area contributed by atoms with Gasteiger partial charge < -0.3 is 16.0 Å². The molecule has 2 aromatic rings. The number of carbonyl (C=O) groups excluding carboxylic acids is 3. The van der Waals surface area contributed by atoms with Crippen molar-refractivity contribution in [3.8, 4) is 0 Å². The van der Waals surface area contributed by atoms with E-state index in [9.17, 15) is 14.4 Å². The van der Waals surface area contributed by atoms with E-state index in [1.54, 1.807) is 42.5 Å². The highest BCUT2D eigenvalue weighted by Crippen LogP contribution is 2.21. The molecule has 0 bridgehead atoms. The zero-order valence-electron chi connectivity index (χ0n) is 15.7. The Balaban J connectivity index is 1.97. The van der Waals surface area contributed by atoms with Crippen LogP contribution in [-0.4, -0.2) is 24.3 Å². The number of rotatable bonds is 7. The van der Waals surface area contributed by atoms with Gasteiger partial charge in [-0.05, 0) is 48.4 Å². The van der Waals surface area contributed by atoms with Gasteiger partial charge in [-0.3, -0.25) is 14.4 Å². The van der Waals surface area contributed by atoms with Gasteiger partial charge >= 0.3 is 0 Å². The first kappa shape index (κ1) is 21.2. The Morgan fingerprint density at radius 2 is 1.68 bits per heavy atom. The van der Waals surface area contributed by atoms with Crippen molar-refractivity contribution in [2.75, 3.05) is 17.2 Å². The molecule has 28 heavy (non-hydrogen) atoms. The first-order valence-corrected chi connectivity index (χ1v) is 9.21. The summed E-state index contributed by atoms with van der Waals surface area (Å²) in [7, 11) is 0. The average molecular weight is 400 g/mol. The van der Waals surface area contributed by atoms with Gasteiger partial charge in [0, 0.05) is 30.9 Å². The molecule has 0 aliphatic rings. The van der Waals surface area contributed by atoms with Crippen molar-refractivity contribution in [1.29, 1.82) is 0 Å². The van der Waals surface area contributed by atoms with Crippen molar-refractivity contribution in [3.63, 3.8) is 0 Å². The molecule has 2 aromatic carbocycles. The van der Waals surface area contributed by atoms with E-state index in [4.69, 9.17) is 11.6 Å². The lowest BCUT2D eigenvalue weighted by Crippen LogP contribution is -2.24. The molecule has 7 heteroatoms. The summed E-state index contributed by atoms with van der Waals surface area (Å²) in [5.41, 5.74) is 2.35. The lowest BCUT2D eigenvalue weighted by atomic mass is 10.1. The van der Waals surface area contributed by atoms with Crippen LogP contribution in [0.3, 0.4) is 0 Å². The Hall–Kier alpha value is -3.12. The quantitative estimate of drug-likeness (QED) is 0.613. The van der Waals surface area contributed by atoms with Crippen LogP contribution in [0.4, 0.5) is 11.4 Å². The maximum absolute atomic E-state index is 12.1. The fourth-order valence-corrected chi connectivity index (χ4v) is 2.61. The van der Waals surface area contributed by atoms with Crippen molar-refractivity contribution in [1.82, 2.24) is 5.32 Å². The highest BCUT2D eigenvalue weighted by molar-refractivity contribution is 6.34. The first-order valence-electron chi connectivity index (χ1n) is 8.83. The van der Waals surface area contributed by atoms with E-state index in [0.717, 1.165) is 12.0 Å². The zero-order valence-corrected chi connectivity index (χ0v) is 16.5. The van der Waals surface area contributed by atoms with E-state index in [-0.39, 0.29) is 22.7 Å². The van der Waals surface area contributed by atoms with Crippen LogP contribution in [0.5, 0.6) is 0 Å². The van der Waals surface area contributed by atoms with Crippen molar-refractivity contribution >= 4 is 46.8 Å². The lowest BCUT2D eigenvalue weighted by Gasteiger charge is -2.08. The van der Waals surface area contributed by atoms with Gasteiger partial charge in [-0.1, -0.05) is 30.7 Å². The molecule has 0 heterocycles. The van der Waals surface area contributed by atoms with Crippen molar-refractivity contribution in [2.24, 2.45) is 0 Å². The zero-order chi connectivity index (χ0) is 20.5. The summed E-state index contributed by atoms with van der Waals surface area (Å²) in [5.74, 6) is -0.715. The van der Waals surface area contributed by atoms with E-state index >= 15 is 0 Å². The van der Waals surface area contributed by atoms with Gasteiger partial charge in [0.2, 0.25) is 11.8 Å². The summed E-state index contributed by atoms with van der Waals surface area (Å²) >= 11 is 6.15. The minimum Gasteiger partial charge on any atom is -0.352 e. The van der Waals surface area contributed by atoms with Gasteiger partial charge in [0.25, 0.3) is 5.91 Å². The number of carbonyl (C=O) groups is 3. The number of amides is 3. The molecule has 0 aliphatic heterocycles. The number of hydrogen-bond acceptors (Lipinski definition) is 3. The molecule has 3 N–H and O–H groups in total. The van der Waals surface area contributed by atoms with Crippen LogP contribution >= 0.6 is 11.6 Å². The number of halogens is 1. The minimum atomic E-state index is -0.329. The normalized spacial score (nSPS) is 10.5. The molecule has 6 nitrogen and oxygen atoms in total. The Labute approximate surface area is 169 Å². The molecule has 0 saturated heterocycles. The average Bonchev–Trinajstić information content (AvgIpc) is 2.65. The van der Waals surface area contributed by atoms with Crippen molar-refractivity contribution in [3.05, 3.63) is 64.7 Å². The third-order valence-electron chi connectivity index (χ3n) is 3.68. The summed E-state index contributed by atoms with van der Waals surface area (Å²) < 4.78 is 0. The highest BCUT2D eigenvalue weighted by Gasteiger charge is 2.10. The first-order chi connectivity index (χ1) is 13.4. The molecule has 0 radical (unpaired) electrons. The van der Waals surface area contributed by atoms with Gasteiger partial charge in [0.1, 0.15) is 0 Å². The number of benzene rings is 2. The predicted octanol–water partition coefficient (Wildman–Crippen LogP) is 4.09. The number of hydrogen-bond donors (Lipinski definition) is 3. The molecule has 0 aliphatic carbocycles. The Kier molecular flexibility index (Phi) is 7.77. The second-order valence-electron chi connectivity index (χ2n) is 6.08. The van der Waals surface area contributed by atoms with Crippen LogP contribution in [0.2, 0.25) is 5.02 Å². The van der Waals surface area contributed by atoms with Gasteiger partial charge in [-0.2, -0.15) is 0 Å². The predicted molar refractivity (Wildman–Crippen MR) is 112 cm³/mol. The monoisotopic (exact) mass is 399 g/mol. The van der Waals surface area contributed by atoms with Crippen LogP contribution < -0.4 is 16.0 Å². The Morgan fingerprint density at radius 1 is 1.00 bits per heavy atom. The maximum atomic E-state index is 12.1. The van der Waals surface area contributed by atoms with Gasteiger partial charge in [0.05, 0.1) is 10.6 Å². The number of anilines is 2. The van der Waals surface area contributed by atoms with Gasteiger partial charge in [-0.15, -0.1) is 0 Å². The SMILES string of the molecule is CCCNC(=O)c1ccc(NC(=O)/C=C/c2ccc(NC(C)=O)cc2)cc1Cl. The minimum absolute atomic E-state index is 0.143. The van der Waals surface area contributed by atoms with Crippen molar-refractivity contribution < 1.29 is 14.4 Å². The molecular formula is C21H22ClN3O3. The largest absolute Gasteiger partial charge is 0.352 e. The van der Waals surface area contributed by atoms with E-state index in [0.29, 0.717) is 23.5 Å². The molecule has 0 aromatic heterocycles. The third kappa shape index (κ3) is 6.55. The fraction of sp³-hybridized carbons (Fsp3) is 0.190. The molecule has 0 atom stereocenters. The van der Waals surface area contributed by atoms with Gasteiger partial charge in [0.15, 0.2) is 0 Å². The molecule has 0 spiro atoms. The van der Waals surface area contributed by atoms with Crippen LogP contribution in [-0.2, 0) is 9.59 Å². The Bertz CT molecular complexity index is 892. The molecule has 2 rings (SSSR count). The molecular weight excluding hydrogens is 378 g/mol. The summed E-state index contributed by atoms with van der Waals surface area (Å²) in [4.78, 5) is 35.1. The van der Waals surface area contributed by atoms with E-state index in [1.165, 1.54) is 19.1 Å².